The van der Waals surface area contributed by atoms with E-state index in [1.165, 1.54) is 0 Å². The van der Waals surface area contributed by atoms with E-state index in [9.17, 15) is 0 Å². The molecular formula is C13H18ClNO2. The lowest BCUT2D eigenvalue weighted by Crippen LogP contribution is -2.53. The van der Waals surface area contributed by atoms with Crippen molar-refractivity contribution in [2.75, 3.05) is 26.9 Å². The van der Waals surface area contributed by atoms with Crippen molar-refractivity contribution in [1.29, 1.82) is 0 Å². The zero-order valence-electron chi connectivity index (χ0n) is 10.2. The number of benzene rings is 1. The molecule has 94 valence electrons. The van der Waals surface area contributed by atoms with Crippen LogP contribution in [0.4, 0.5) is 0 Å². The summed E-state index contributed by atoms with van der Waals surface area (Å²) in [5.41, 5.74) is 6.87. The van der Waals surface area contributed by atoms with Crippen LogP contribution in [-0.2, 0) is 10.2 Å². The number of halogens is 1. The molecular weight excluding hydrogens is 238 g/mol. The maximum Gasteiger partial charge on any atom is 0.120 e. The molecule has 1 aromatic carbocycles. The van der Waals surface area contributed by atoms with Gasteiger partial charge in [-0.25, -0.2) is 0 Å². The highest BCUT2D eigenvalue weighted by Gasteiger charge is 2.45. The lowest BCUT2D eigenvalue weighted by molar-refractivity contribution is -0.0853. The number of ether oxygens (including phenoxy) is 2. The molecule has 1 unspecified atom stereocenters. The average molecular weight is 256 g/mol. The van der Waals surface area contributed by atoms with Crippen LogP contribution in [0, 0.1) is 5.92 Å². The van der Waals surface area contributed by atoms with Gasteiger partial charge in [0.15, 0.2) is 0 Å². The molecule has 1 aliphatic heterocycles. The Morgan fingerprint density at radius 1 is 1.53 bits per heavy atom. The van der Waals surface area contributed by atoms with Gasteiger partial charge in [-0.1, -0.05) is 24.6 Å². The summed E-state index contributed by atoms with van der Waals surface area (Å²) in [4.78, 5) is 0. The van der Waals surface area contributed by atoms with Crippen LogP contribution < -0.4 is 10.5 Å². The first kappa shape index (κ1) is 12.7. The minimum absolute atomic E-state index is 0.0297. The summed E-state index contributed by atoms with van der Waals surface area (Å²) in [6.07, 6.45) is 0. The van der Waals surface area contributed by atoms with Gasteiger partial charge in [-0.2, -0.15) is 0 Å². The van der Waals surface area contributed by atoms with Gasteiger partial charge in [0, 0.05) is 10.4 Å². The first-order valence-corrected chi connectivity index (χ1v) is 6.13. The van der Waals surface area contributed by atoms with Crippen molar-refractivity contribution >= 4 is 11.6 Å². The predicted octanol–water partition coefficient (Wildman–Crippen LogP) is 2.21. The standard InChI is InChI=1S/C13H18ClNO2/c1-9(6-15)13(7-17-8-13)11-4-3-10(16-2)5-12(11)14/h3-5,9H,6-8,15H2,1-2H3. The van der Waals surface area contributed by atoms with Crippen LogP contribution >= 0.6 is 11.6 Å². The third-order valence-electron chi connectivity index (χ3n) is 3.73. The van der Waals surface area contributed by atoms with Gasteiger partial charge in [-0.3, -0.25) is 0 Å². The molecule has 0 aromatic heterocycles. The summed E-state index contributed by atoms with van der Waals surface area (Å²) in [6.45, 7) is 4.16. The molecule has 0 aliphatic carbocycles. The molecule has 4 heteroatoms. The molecule has 1 saturated heterocycles. The molecule has 1 atom stereocenters. The number of methoxy groups -OCH3 is 1. The minimum atomic E-state index is -0.0297. The van der Waals surface area contributed by atoms with Gasteiger partial charge >= 0.3 is 0 Å². The molecule has 0 radical (unpaired) electrons. The molecule has 3 nitrogen and oxygen atoms in total. The number of rotatable bonds is 4. The van der Waals surface area contributed by atoms with E-state index >= 15 is 0 Å². The maximum atomic E-state index is 6.33. The van der Waals surface area contributed by atoms with E-state index in [-0.39, 0.29) is 5.41 Å². The smallest absolute Gasteiger partial charge is 0.120 e. The lowest BCUT2D eigenvalue weighted by Gasteiger charge is -2.46. The molecule has 17 heavy (non-hydrogen) atoms. The third-order valence-corrected chi connectivity index (χ3v) is 4.04. The van der Waals surface area contributed by atoms with Crippen molar-refractivity contribution < 1.29 is 9.47 Å². The summed E-state index contributed by atoms with van der Waals surface area (Å²) >= 11 is 6.33. The number of nitrogens with two attached hydrogens (primary N) is 1. The molecule has 1 aliphatic rings. The van der Waals surface area contributed by atoms with Gasteiger partial charge in [0.25, 0.3) is 0 Å². The molecule has 2 rings (SSSR count). The molecule has 0 saturated carbocycles. The topological polar surface area (TPSA) is 44.5 Å². The van der Waals surface area contributed by atoms with Crippen LogP contribution in [0.15, 0.2) is 18.2 Å². The second kappa shape index (κ2) is 4.84. The molecule has 1 fully saturated rings. The molecule has 2 N–H and O–H groups in total. The van der Waals surface area contributed by atoms with Crippen LogP contribution in [0.2, 0.25) is 5.02 Å². The third kappa shape index (κ3) is 2.03. The van der Waals surface area contributed by atoms with E-state index in [0.717, 1.165) is 16.3 Å². The summed E-state index contributed by atoms with van der Waals surface area (Å²) in [7, 11) is 1.63. The van der Waals surface area contributed by atoms with E-state index in [0.29, 0.717) is 25.7 Å². The molecule has 1 heterocycles. The van der Waals surface area contributed by atoms with E-state index in [1.807, 2.05) is 18.2 Å². The van der Waals surface area contributed by atoms with E-state index in [4.69, 9.17) is 26.8 Å². The van der Waals surface area contributed by atoms with Crippen molar-refractivity contribution in [2.45, 2.75) is 12.3 Å². The average Bonchev–Trinajstić information content (AvgIpc) is 2.29. The summed E-state index contributed by atoms with van der Waals surface area (Å²) in [6, 6.07) is 5.81. The predicted molar refractivity (Wildman–Crippen MR) is 68.7 cm³/mol. The lowest BCUT2D eigenvalue weighted by atomic mass is 9.69. The molecule has 1 aromatic rings. The second-order valence-electron chi connectivity index (χ2n) is 4.63. The van der Waals surface area contributed by atoms with Crippen LogP contribution in [0.1, 0.15) is 12.5 Å². The Bertz CT molecular complexity index is 404. The first-order valence-electron chi connectivity index (χ1n) is 5.76. The van der Waals surface area contributed by atoms with E-state index in [2.05, 4.69) is 6.92 Å². The van der Waals surface area contributed by atoms with Crippen molar-refractivity contribution in [3.63, 3.8) is 0 Å². The highest BCUT2D eigenvalue weighted by molar-refractivity contribution is 6.31. The number of hydrogen-bond acceptors (Lipinski definition) is 3. The zero-order chi connectivity index (χ0) is 12.5. The van der Waals surface area contributed by atoms with Gasteiger partial charge < -0.3 is 15.2 Å². The number of hydrogen-bond donors (Lipinski definition) is 1. The fourth-order valence-corrected chi connectivity index (χ4v) is 2.64. The Balaban J connectivity index is 2.38. The molecule has 0 spiro atoms. The Morgan fingerprint density at radius 2 is 2.24 bits per heavy atom. The SMILES string of the molecule is COc1ccc(C2(C(C)CN)COC2)c(Cl)c1. The highest BCUT2D eigenvalue weighted by Crippen LogP contribution is 2.43. The Labute approximate surface area is 107 Å². The molecule has 0 amide bonds. The highest BCUT2D eigenvalue weighted by atomic mass is 35.5. The summed E-state index contributed by atoms with van der Waals surface area (Å²) in [5, 5.41) is 0.730. The monoisotopic (exact) mass is 255 g/mol. The fourth-order valence-electron chi connectivity index (χ4n) is 2.28. The van der Waals surface area contributed by atoms with Crippen LogP contribution in [0.5, 0.6) is 5.75 Å². The summed E-state index contributed by atoms with van der Waals surface area (Å²) in [5.74, 6) is 1.12. The van der Waals surface area contributed by atoms with Gasteiger partial charge in [0.05, 0.1) is 20.3 Å². The van der Waals surface area contributed by atoms with Crippen LogP contribution in [-0.4, -0.2) is 26.9 Å². The van der Waals surface area contributed by atoms with E-state index < -0.39 is 0 Å². The Hall–Kier alpha value is -0.770. The normalized spacial score (nSPS) is 19.5. The quantitative estimate of drug-likeness (QED) is 0.897. The van der Waals surface area contributed by atoms with Crippen LogP contribution in [0.25, 0.3) is 0 Å². The second-order valence-corrected chi connectivity index (χ2v) is 5.04. The first-order chi connectivity index (χ1) is 8.14. The van der Waals surface area contributed by atoms with Gasteiger partial charge in [0.2, 0.25) is 0 Å². The fraction of sp³-hybridized carbons (Fsp3) is 0.538. The largest absolute Gasteiger partial charge is 0.497 e. The maximum absolute atomic E-state index is 6.33. The van der Waals surface area contributed by atoms with Gasteiger partial charge in [0.1, 0.15) is 5.75 Å². The van der Waals surface area contributed by atoms with Gasteiger partial charge in [-0.05, 0) is 30.2 Å². The van der Waals surface area contributed by atoms with Crippen molar-refractivity contribution in [3.8, 4) is 5.75 Å². The van der Waals surface area contributed by atoms with E-state index in [1.54, 1.807) is 7.11 Å². The summed E-state index contributed by atoms with van der Waals surface area (Å²) < 4.78 is 10.5. The van der Waals surface area contributed by atoms with Crippen molar-refractivity contribution in [1.82, 2.24) is 0 Å². The van der Waals surface area contributed by atoms with Crippen molar-refractivity contribution in [3.05, 3.63) is 28.8 Å². The van der Waals surface area contributed by atoms with Crippen LogP contribution in [0.3, 0.4) is 0 Å². The Morgan fingerprint density at radius 3 is 2.65 bits per heavy atom. The van der Waals surface area contributed by atoms with Gasteiger partial charge in [-0.15, -0.1) is 0 Å². The minimum Gasteiger partial charge on any atom is -0.497 e. The van der Waals surface area contributed by atoms with Crippen molar-refractivity contribution in [2.24, 2.45) is 11.7 Å². The Kier molecular flexibility index (Phi) is 3.61. The zero-order valence-corrected chi connectivity index (χ0v) is 11.0. The molecule has 0 bridgehead atoms.